The van der Waals surface area contributed by atoms with Crippen LogP contribution in [0.4, 0.5) is 0 Å². The van der Waals surface area contributed by atoms with Gasteiger partial charge in [0.25, 0.3) is 0 Å². The van der Waals surface area contributed by atoms with Crippen molar-refractivity contribution in [1.29, 1.82) is 0 Å². The summed E-state index contributed by atoms with van der Waals surface area (Å²) in [5.41, 5.74) is 0. The molecule has 0 spiro atoms. The van der Waals surface area contributed by atoms with Gasteiger partial charge in [-0.25, -0.2) is 0 Å². The van der Waals surface area contributed by atoms with Gasteiger partial charge in [-0.15, -0.1) is 0 Å². The second-order valence-corrected chi connectivity index (χ2v) is 7.32. The second-order valence-electron chi connectivity index (χ2n) is 7.32. The highest BCUT2D eigenvalue weighted by atomic mass is 16.4. The zero-order valence-electron chi connectivity index (χ0n) is 17.1. The summed E-state index contributed by atoms with van der Waals surface area (Å²) in [5.74, 6) is -1.15. The quantitative estimate of drug-likeness (QED) is 0.230. The Balaban J connectivity index is 3.28. The Morgan fingerprint density at radius 1 is 0.808 bits per heavy atom. The molecule has 0 saturated carbocycles. The van der Waals surface area contributed by atoms with Crippen molar-refractivity contribution in [3.63, 3.8) is 0 Å². The highest BCUT2D eigenvalue weighted by Crippen LogP contribution is 2.10. The molecule has 1 atom stereocenters. The van der Waals surface area contributed by atoms with Crippen LogP contribution < -0.4 is 5.32 Å². The zero-order valence-corrected chi connectivity index (χ0v) is 17.1. The van der Waals surface area contributed by atoms with Gasteiger partial charge in [0.05, 0.1) is 0 Å². The molecule has 152 valence electrons. The zero-order chi connectivity index (χ0) is 19.5. The Morgan fingerprint density at radius 3 is 1.77 bits per heavy atom. The summed E-state index contributed by atoms with van der Waals surface area (Å²) in [7, 11) is 0. The third-order valence-corrected chi connectivity index (χ3v) is 4.66. The lowest BCUT2D eigenvalue weighted by Crippen LogP contribution is -2.38. The number of carbonyl (C=O) groups excluding carboxylic acids is 1. The number of hydrogen-bond donors (Lipinski definition) is 2. The molecule has 1 amide bonds. The van der Waals surface area contributed by atoms with Crippen LogP contribution in [0.3, 0.4) is 0 Å². The fourth-order valence-electron chi connectivity index (χ4n) is 2.91. The predicted molar refractivity (Wildman–Crippen MR) is 109 cm³/mol. The van der Waals surface area contributed by atoms with E-state index < -0.39 is 12.0 Å². The van der Waals surface area contributed by atoms with Crippen molar-refractivity contribution in [1.82, 2.24) is 5.32 Å². The molecular weight excluding hydrogens is 326 g/mol. The minimum atomic E-state index is -0.988. The van der Waals surface area contributed by atoms with Gasteiger partial charge in [0.15, 0.2) is 0 Å². The van der Waals surface area contributed by atoms with Gasteiger partial charge < -0.3 is 10.4 Å². The molecule has 0 saturated heterocycles. The van der Waals surface area contributed by atoms with E-state index in [1.807, 2.05) is 0 Å². The maximum absolute atomic E-state index is 11.5. The van der Waals surface area contributed by atoms with Crippen molar-refractivity contribution < 1.29 is 14.7 Å². The SMILES string of the molecule is CCCCCCCCC/C=C\CCCCCCCC(=O)N[C@@H](C)C(=O)O. The number of nitrogens with one attached hydrogen (secondary N) is 1. The molecule has 0 aliphatic heterocycles. The van der Waals surface area contributed by atoms with Gasteiger partial charge in [0, 0.05) is 6.42 Å². The Morgan fingerprint density at radius 2 is 1.27 bits per heavy atom. The molecule has 0 aromatic carbocycles. The van der Waals surface area contributed by atoms with E-state index in [-0.39, 0.29) is 5.91 Å². The molecule has 0 aliphatic rings. The molecule has 0 heterocycles. The Hall–Kier alpha value is -1.32. The maximum atomic E-state index is 11.5. The van der Waals surface area contributed by atoms with Gasteiger partial charge in [0.2, 0.25) is 5.91 Å². The first-order valence-corrected chi connectivity index (χ1v) is 10.7. The van der Waals surface area contributed by atoms with Crippen molar-refractivity contribution in [3.8, 4) is 0 Å². The van der Waals surface area contributed by atoms with Gasteiger partial charge in [-0.05, 0) is 39.0 Å². The summed E-state index contributed by atoms with van der Waals surface area (Å²) < 4.78 is 0. The smallest absolute Gasteiger partial charge is 0.325 e. The summed E-state index contributed by atoms with van der Waals surface area (Å²) >= 11 is 0. The van der Waals surface area contributed by atoms with Crippen LogP contribution in [0.1, 0.15) is 110 Å². The van der Waals surface area contributed by atoms with E-state index in [0.717, 1.165) is 25.7 Å². The molecule has 2 N–H and O–H groups in total. The summed E-state index contributed by atoms with van der Waals surface area (Å²) in [6.07, 6.45) is 22.5. The number of unbranched alkanes of at least 4 members (excludes halogenated alkanes) is 12. The Labute approximate surface area is 160 Å². The monoisotopic (exact) mass is 367 g/mol. The van der Waals surface area contributed by atoms with E-state index in [9.17, 15) is 9.59 Å². The number of aliphatic carboxylic acids is 1. The number of carboxylic acids is 1. The largest absolute Gasteiger partial charge is 0.480 e. The number of hydrogen-bond acceptors (Lipinski definition) is 2. The molecule has 0 radical (unpaired) electrons. The lowest BCUT2D eigenvalue weighted by molar-refractivity contribution is -0.141. The number of amides is 1. The minimum absolute atomic E-state index is 0.159. The number of allylic oxidation sites excluding steroid dienone is 2. The van der Waals surface area contributed by atoms with E-state index in [2.05, 4.69) is 24.4 Å². The van der Waals surface area contributed by atoms with Crippen molar-refractivity contribution in [2.75, 3.05) is 0 Å². The van der Waals surface area contributed by atoms with Crippen LogP contribution in [0.25, 0.3) is 0 Å². The first kappa shape index (κ1) is 24.7. The molecular formula is C22H41NO3. The van der Waals surface area contributed by atoms with Crippen molar-refractivity contribution in [2.45, 2.75) is 116 Å². The van der Waals surface area contributed by atoms with Crippen LogP contribution in [-0.4, -0.2) is 23.0 Å². The molecule has 0 bridgehead atoms. The third-order valence-electron chi connectivity index (χ3n) is 4.66. The van der Waals surface area contributed by atoms with Crippen LogP contribution in [-0.2, 0) is 9.59 Å². The van der Waals surface area contributed by atoms with E-state index in [4.69, 9.17) is 5.11 Å². The van der Waals surface area contributed by atoms with Gasteiger partial charge in [0.1, 0.15) is 6.04 Å². The molecule has 4 nitrogen and oxygen atoms in total. The van der Waals surface area contributed by atoms with Crippen molar-refractivity contribution in [3.05, 3.63) is 12.2 Å². The fourth-order valence-corrected chi connectivity index (χ4v) is 2.91. The molecule has 0 aliphatic carbocycles. The summed E-state index contributed by atoms with van der Waals surface area (Å²) in [4.78, 5) is 22.2. The van der Waals surface area contributed by atoms with Crippen LogP contribution >= 0.6 is 0 Å². The summed E-state index contributed by atoms with van der Waals surface area (Å²) in [5, 5.41) is 11.2. The summed E-state index contributed by atoms with van der Waals surface area (Å²) in [6, 6.07) is -0.796. The predicted octanol–water partition coefficient (Wildman–Crippen LogP) is 6.00. The molecule has 0 fully saturated rings. The lowest BCUT2D eigenvalue weighted by Gasteiger charge is -2.08. The molecule has 0 rings (SSSR count). The average molecular weight is 368 g/mol. The summed E-state index contributed by atoms with van der Waals surface area (Å²) in [6.45, 7) is 3.75. The number of carboxylic acid groups (broad SMARTS) is 1. The number of carbonyl (C=O) groups is 2. The Bertz CT molecular complexity index is 380. The molecule has 0 aromatic rings. The highest BCUT2D eigenvalue weighted by Gasteiger charge is 2.12. The lowest BCUT2D eigenvalue weighted by atomic mass is 10.1. The van der Waals surface area contributed by atoms with E-state index in [1.165, 1.54) is 71.1 Å². The maximum Gasteiger partial charge on any atom is 0.325 e. The van der Waals surface area contributed by atoms with E-state index >= 15 is 0 Å². The molecule has 4 heteroatoms. The van der Waals surface area contributed by atoms with Gasteiger partial charge in [-0.3, -0.25) is 9.59 Å². The fraction of sp³-hybridized carbons (Fsp3) is 0.818. The molecule has 0 unspecified atom stereocenters. The number of rotatable bonds is 18. The van der Waals surface area contributed by atoms with Crippen LogP contribution in [0.2, 0.25) is 0 Å². The first-order valence-electron chi connectivity index (χ1n) is 10.7. The van der Waals surface area contributed by atoms with E-state index in [0.29, 0.717) is 6.42 Å². The van der Waals surface area contributed by atoms with Crippen LogP contribution in [0, 0.1) is 0 Å². The normalized spacial score (nSPS) is 12.4. The van der Waals surface area contributed by atoms with Crippen LogP contribution in [0.15, 0.2) is 12.2 Å². The average Bonchev–Trinajstić information content (AvgIpc) is 2.61. The Kier molecular flexibility index (Phi) is 17.5. The molecule has 26 heavy (non-hydrogen) atoms. The van der Waals surface area contributed by atoms with Crippen molar-refractivity contribution >= 4 is 11.9 Å². The molecule has 0 aromatic heterocycles. The van der Waals surface area contributed by atoms with Gasteiger partial charge in [-0.2, -0.15) is 0 Å². The first-order chi connectivity index (χ1) is 12.6. The second kappa shape index (κ2) is 18.5. The van der Waals surface area contributed by atoms with Crippen LogP contribution in [0.5, 0.6) is 0 Å². The third kappa shape index (κ3) is 17.5. The van der Waals surface area contributed by atoms with Gasteiger partial charge in [-0.1, -0.05) is 76.9 Å². The topological polar surface area (TPSA) is 66.4 Å². The van der Waals surface area contributed by atoms with Crippen molar-refractivity contribution in [2.24, 2.45) is 0 Å². The van der Waals surface area contributed by atoms with E-state index in [1.54, 1.807) is 0 Å². The minimum Gasteiger partial charge on any atom is -0.480 e. The van der Waals surface area contributed by atoms with Gasteiger partial charge >= 0.3 is 5.97 Å². The highest BCUT2D eigenvalue weighted by molar-refractivity contribution is 5.83. The standard InChI is InChI=1S/C22H41NO3/c1-3-4-5-6-7-8-9-10-11-12-13-14-15-16-17-18-19-21(24)23-20(2)22(25)26/h11-12,20H,3-10,13-19H2,1-2H3,(H,23,24)(H,25,26)/b12-11-/t20-/m0/s1.